The van der Waals surface area contributed by atoms with E-state index in [2.05, 4.69) is 20.9 Å². The molecule has 2 aromatic rings. The maximum atomic E-state index is 12.8. The highest BCUT2D eigenvalue weighted by atomic mass is 35.5. The third kappa shape index (κ3) is 6.34. The van der Waals surface area contributed by atoms with Crippen LogP contribution in [0, 0.1) is 0 Å². The van der Waals surface area contributed by atoms with Crippen LogP contribution in [0.5, 0.6) is 0 Å². The fraction of sp³-hybridized carbons (Fsp3) is 0.318. The quantitative estimate of drug-likeness (QED) is 0.283. The first-order valence-corrected chi connectivity index (χ1v) is 10.8. The van der Waals surface area contributed by atoms with Crippen molar-refractivity contribution in [3.05, 3.63) is 58.4 Å². The summed E-state index contributed by atoms with van der Waals surface area (Å²) in [5.74, 6) is -0.989. The van der Waals surface area contributed by atoms with Gasteiger partial charge in [-0.1, -0.05) is 23.7 Å². The van der Waals surface area contributed by atoms with E-state index < -0.39 is 23.6 Å². The molecule has 0 fully saturated rings. The number of esters is 1. The van der Waals surface area contributed by atoms with E-state index >= 15 is 0 Å². The van der Waals surface area contributed by atoms with Gasteiger partial charge in [0.15, 0.2) is 0 Å². The number of pyridine rings is 1. The summed E-state index contributed by atoms with van der Waals surface area (Å²) in [5.41, 5.74) is 0.370. The van der Waals surface area contributed by atoms with Gasteiger partial charge < -0.3 is 30.7 Å². The zero-order chi connectivity index (χ0) is 25.6. The molecule has 2 heterocycles. The minimum Gasteiger partial charge on any atom is -0.466 e. The predicted octanol–water partition coefficient (Wildman–Crippen LogP) is 2.95. The van der Waals surface area contributed by atoms with Crippen LogP contribution in [0.25, 0.3) is 0 Å². The van der Waals surface area contributed by atoms with Gasteiger partial charge in [-0.05, 0) is 18.2 Å². The Labute approximate surface area is 203 Å². The smallest absolute Gasteiger partial charge is 0.417 e. The molecular formula is C22H23ClF3N5O4. The molecule has 1 amide bonds. The van der Waals surface area contributed by atoms with Crippen LogP contribution in [0.3, 0.4) is 0 Å². The number of hydrogen-bond acceptors (Lipinski definition) is 8. The van der Waals surface area contributed by atoms with Crippen LogP contribution in [0.1, 0.15) is 5.56 Å². The summed E-state index contributed by atoms with van der Waals surface area (Å²) in [4.78, 5) is 30.0. The van der Waals surface area contributed by atoms with Crippen LogP contribution >= 0.6 is 11.6 Å². The molecule has 1 aromatic heterocycles. The number of aromatic nitrogens is 1. The summed E-state index contributed by atoms with van der Waals surface area (Å²) < 4.78 is 43.0. The number of halogens is 4. The van der Waals surface area contributed by atoms with Gasteiger partial charge in [-0.2, -0.15) is 13.2 Å². The van der Waals surface area contributed by atoms with Gasteiger partial charge >= 0.3 is 12.1 Å². The highest BCUT2D eigenvalue weighted by molar-refractivity contribution is 6.33. The summed E-state index contributed by atoms with van der Waals surface area (Å²) in [7, 11) is 1.21. The molecule has 188 valence electrons. The molecule has 13 heteroatoms. The minimum absolute atomic E-state index is 0.00873. The van der Waals surface area contributed by atoms with E-state index in [1.807, 2.05) is 0 Å². The molecule has 4 N–H and O–H groups in total. The van der Waals surface area contributed by atoms with Gasteiger partial charge in [0.1, 0.15) is 11.5 Å². The maximum Gasteiger partial charge on any atom is 0.417 e. The average Bonchev–Trinajstić information content (AvgIpc) is 3.12. The standard InChI is InChI=1S/C22H23ClF3N5O4/c1-35-21(34)14-12-31(8-9-32)20(33)18(14)30-17-5-3-2-4-16(17)27-6-7-28-19-15(23)10-13(11-29-19)22(24,25)26/h2-5,10-11,27,30,32H,6-9,12H2,1H3,(H,28,29). The predicted molar refractivity (Wildman–Crippen MR) is 124 cm³/mol. The first-order valence-electron chi connectivity index (χ1n) is 10.4. The Morgan fingerprint density at radius 3 is 2.54 bits per heavy atom. The number of methoxy groups -OCH3 is 1. The number of benzene rings is 1. The van der Waals surface area contributed by atoms with Gasteiger partial charge in [0, 0.05) is 25.8 Å². The normalized spacial score (nSPS) is 13.8. The highest BCUT2D eigenvalue weighted by Gasteiger charge is 2.35. The highest BCUT2D eigenvalue weighted by Crippen LogP contribution is 2.32. The second-order valence-corrected chi connectivity index (χ2v) is 7.78. The summed E-state index contributed by atoms with van der Waals surface area (Å²) >= 11 is 5.90. The van der Waals surface area contributed by atoms with E-state index in [0.717, 1.165) is 6.07 Å². The van der Waals surface area contributed by atoms with Crippen molar-refractivity contribution in [2.75, 3.05) is 55.8 Å². The second kappa shape index (κ2) is 11.3. The van der Waals surface area contributed by atoms with Crippen LogP contribution in [-0.4, -0.2) is 66.8 Å². The van der Waals surface area contributed by atoms with Gasteiger partial charge in [-0.3, -0.25) is 4.79 Å². The van der Waals surface area contributed by atoms with Crippen molar-refractivity contribution in [1.29, 1.82) is 0 Å². The number of carbonyl (C=O) groups is 2. The maximum absolute atomic E-state index is 12.8. The monoisotopic (exact) mass is 513 g/mol. The number of alkyl halides is 3. The summed E-state index contributed by atoms with van der Waals surface area (Å²) in [6, 6.07) is 7.75. The lowest BCUT2D eigenvalue weighted by molar-refractivity contribution is -0.138. The number of anilines is 3. The van der Waals surface area contributed by atoms with Crippen LogP contribution in [0.2, 0.25) is 5.02 Å². The van der Waals surface area contributed by atoms with E-state index in [0.29, 0.717) is 24.1 Å². The molecule has 35 heavy (non-hydrogen) atoms. The van der Waals surface area contributed by atoms with Crippen molar-refractivity contribution in [2.24, 2.45) is 0 Å². The molecule has 0 spiro atoms. The molecule has 1 aromatic carbocycles. The molecule has 0 radical (unpaired) electrons. The number of ether oxygens (including phenoxy) is 1. The minimum atomic E-state index is -4.54. The zero-order valence-electron chi connectivity index (χ0n) is 18.6. The average molecular weight is 514 g/mol. The topological polar surface area (TPSA) is 116 Å². The number of hydrogen-bond donors (Lipinski definition) is 4. The number of amides is 1. The van der Waals surface area contributed by atoms with Crippen molar-refractivity contribution in [3.8, 4) is 0 Å². The SMILES string of the molecule is COC(=O)C1=C(Nc2ccccc2NCCNc2ncc(C(F)(F)F)cc2Cl)C(=O)N(CCO)C1. The lowest BCUT2D eigenvalue weighted by Gasteiger charge is -2.17. The summed E-state index contributed by atoms with van der Waals surface area (Å²) in [6.45, 7) is 0.415. The van der Waals surface area contributed by atoms with E-state index in [1.54, 1.807) is 24.3 Å². The Balaban J connectivity index is 1.66. The molecule has 0 aliphatic carbocycles. The molecule has 9 nitrogen and oxygen atoms in total. The molecule has 1 aliphatic rings. The number of para-hydroxylation sites is 2. The first kappa shape index (κ1) is 26.1. The summed E-state index contributed by atoms with van der Waals surface area (Å²) in [6.07, 6.45) is -3.83. The van der Waals surface area contributed by atoms with Crippen LogP contribution in [0.4, 0.5) is 30.4 Å². The Morgan fingerprint density at radius 1 is 1.23 bits per heavy atom. The van der Waals surface area contributed by atoms with Crippen molar-refractivity contribution in [3.63, 3.8) is 0 Å². The molecule has 0 saturated heterocycles. The number of β-amino-alcohol motifs (C(OH)–C–C–N with tert-alkyl or cyclic N) is 1. The van der Waals surface area contributed by atoms with Crippen LogP contribution in [-0.2, 0) is 20.5 Å². The molecular weight excluding hydrogens is 491 g/mol. The zero-order valence-corrected chi connectivity index (χ0v) is 19.3. The number of nitrogens with one attached hydrogen (secondary N) is 3. The number of rotatable bonds is 10. The fourth-order valence-corrected chi connectivity index (χ4v) is 3.56. The third-order valence-electron chi connectivity index (χ3n) is 5.04. The second-order valence-electron chi connectivity index (χ2n) is 7.37. The number of carbonyl (C=O) groups excluding carboxylic acids is 2. The van der Waals surface area contributed by atoms with Crippen LogP contribution in [0.15, 0.2) is 47.8 Å². The van der Waals surface area contributed by atoms with Crippen molar-refractivity contribution >= 4 is 40.7 Å². The molecule has 0 saturated carbocycles. The largest absolute Gasteiger partial charge is 0.466 e. The van der Waals surface area contributed by atoms with Gasteiger partial charge in [-0.25, -0.2) is 9.78 Å². The van der Waals surface area contributed by atoms with E-state index in [-0.39, 0.29) is 48.4 Å². The number of nitrogens with zero attached hydrogens (tertiary/aromatic N) is 2. The first-order chi connectivity index (χ1) is 16.7. The molecule has 0 bridgehead atoms. The molecule has 1 aliphatic heterocycles. The Morgan fingerprint density at radius 2 is 1.91 bits per heavy atom. The summed E-state index contributed by atoms with van der Waals surface area (Å²) in [5, 5.41) is 18.0. The van der Waals surface area contributed by atoms with Gasteiger partial charge in [0.2, 0.25) is 0 Å². The van der Waals surface area contributed by atoms with Gasteiger partial charge in [-0.15, -0.1) is 0 Å². The molecule has 0 atom stereocenters. The van der Waals surface area contributed by atoms with Gasteiger partial charge in [0.05, 0.1) is 47.8 Å². The fourth-order valence-electron chi connectivity index (χ4n) is 3.33. The number of aliphatic hydroxyl groups is 1. The lowest BCUT2D eigenvalue weighted by Crippen LogP contribution is -2.31. The van der Waals surface area contributed by atoms with Crippen molar-refractivity contribution < 1.29 is 32.6 Å². The Hall–Kier alpha value is -3.51. The Bertz CT molecular complexity index is 1130. The molecule has 3 rings (SSSR count). The lowest BCUT2D eigenvalue weighted by atomic mass is 10.2. The third-order valence-corrected chi connectivity index (χ3v) is 5.33. The molecule has 0 unspecified atom stereocenters. The van der Waals surface area contributed by atoms with Gasteiger partial charge in [0.25, 0.3) is 5.91 Å². The van der Waals surface area contributed by atoms with E-state index in [1.165, 1.54) is 12.0 Å². The Kier molecular flexibility index (Phi) is 8.41. The van der Waals surface area contributed by atoms with Crippen molar-refractivity contribution in [2.45, 2.75) is 6.18 Å². The van der Waals surface area contributed by atoms with Crippen LogP contribution < -0.4 is 16.0 Å². The van der Waals surface area contributed by atoms with E-state index in [9.17, 15) is 27.9 Å². The number of aliphatic hydroxyl groups excluding tert-OH is 1. The van der Waals surface area contributed by atoms with E-state index in [4.69, 9.17) is 16.3 Å². The van der Waals surface area contributed by atoms with Crippen molar-refractivity contribution in [1.82, 2.24) is 9.88 Å².